The van der Waals surface area contributed by atoms with Gasteiger partial charge in [-0.1, -0.05) is 29.8 Å². The molecular weight excluding hydrogens is 328 g/mol. The van der Waals surface area contributed by atoms with Gasteiger partial charge in [0.05, 0.1) is 19.5 Å². The van der Waals surface area contributed by atoms with Crippen LogP contribution in [-0.4, -0.2) is 23.0 Å². The van der Waals surface area contributed by atoms with E-state index in [0.717, 1.165) is 22.6 Å². The number of nitrogens with zero attached hydrogens (tertiary/aromatic N) is 2. The zero-order valence-electron chi connectivity index (χ0n) is 14.7. The second-order valence-corrected chi connectivity index (χ2v) is 5.81. The third-order valence-electron chi connectivity index (χ3n) is 3.78. The number of hydrogen-bond donors (Lipinski definition) is 2. The summed E-state index contributed by atoms with van der Waals surface area (Å²) in [6.45, 7) is 2.47. The van der Waals surface area contributed by atoms with Crippen molar-refractivity contribution in [3.8, 4) is 5.75 Å². The highest BCUT2D eigenvalue weighted by molar-refractivity contribution is 5.92. The summed E-state index contributed by atoms with van der Waals surface area (Å²) in [7, 11) is 1.62. The normalized spacial score (nSPS) is 10.2. The number of nitrogens with one attached hydrogen (secondary N) is 2. The second kappa shape index (κ2) is 8.11. The molecule has 1 aromatic heterocycles. The van der Waals surface area contributed by atoms with E-state index >= 15 is 0 Å². The summed E-state index contributed by atoms with van der Waals surface area (Å²) in [6.07, 6.45) is 2.99. The monoisotopic (exact) mass is 348 g/mol. The van der Waals surface area contributed by atoms with Crippen molar-refractivity contribution in [1.29, 1.82) is 0 Å². The van der Waals surface area contributed by atoms with Crippen molar-refractivity contribution in [3.63, 3.8) is 0 Å². The molecule has 0 saturated heterocycles. The van der Waals surface area contributed by atoms with Crippen LogP contribution in [0.4, 0.5) is 11.5 Å². The molecule has 0 bridgehead atoms. The quantitative estimate of drug-likeness (QED) is 0.713. The fourth-order valence-corrected chi connectivity index (χ4v) is 2.43. The Morgan fingerprint density at radius 3 is 2.54 bits per heavy atom. The van der Waals surface area contributed by atoms with Gasteiger partial charge in [-0.25, -0.2) is 9.97 Å². The van der Waals surface area contributed by atoms with E-state index in [1.165, 1.54) is 12.4 Å². The second-order valence-electron chi connectivity index (χ2n) is 5.81. The van der Waals surface area contributed by atoms with Gasteiger partial charge < -0.3 is 15.4 Å². The van der Waals surface area contributed by atoms with Crippen LogP contribution >= 0.6 is 0 Å². The number of amides is 1. The lowest BCUT2D eigenvalue weighted by molar-refractivity contribution is 0.0945. The molecule has 0 unspecified atom stereocenters. The Bertz CT molecular complexity index is 877. The molecule has 26 heavy (non-hydrogen) atoms. The van der Waals surface area contributed by atoms with E-state index in [-0.39, 0.29) is 11.6 Å². The van der Waals surface area contributed by atoms with Gasteiger partial charge in [-0.05, 0) is 36.8 Å². The molecule has 1 heterocycles. The van der Waals surface area contributed by atoms with Crippen LogP contribution < -0.4 is 15.4 Å². The van der Waals surface area contributed by atoms with Crippen LogP contribution in [0.15, 0.2) is 60.9 Å². The lowest BCUT2D eigenvalue weighted by Crippen LogP contribution is -2.24. The maximum absolute atomic E-state index is 12.2. The van der Waals surface area contributed by atoms with Crippen molar-refractivity contribution < 1.29 is 9.53 Å². The zero-order chi connectivity index (χ0) is 18.4. The van der Waals surface area contributed by atoms with Gasteiger partial charge in [-0.3, -0.25) is 4.79 Å². The first-order chi connectivity index (χ1) is 12.6. The van der Waals surface area contributed by atoms with Crippen molar-refractivity contribution in [2.75, 3.05) is 12.4 Å². The number of carbonyl (C=O) groups is 1. The minimum Gasteiger partial charge on any atom is -0.497 e. The summed E-state index contributed by atoms with van der Waals surface area (Å²) in [5, 5.41) is 5.97. The van der Waals surface area contributed by atoms with Crippen LogP contribution in [0.25, 0.3) is 0 Å². The number of aromatic nitrogens is 2. The number of ether oxygens (including phenoxy) is 1. The Hall–Kier alpha value is -3.41. The van der Waals surface area contributed by atoms with Crippen LogP contribution in [0.5, 0.6) is 5.75 Å². The number of aryl methyl sites for hydroxylation is 1. The predicted molar refractivity (Wildman–Crippen MR) is 101 cm³/mol. The third kappa shape index (κ3) is 4.57. The van der Waals surface area contributed by atoms with Crippen molar-refractivity contribution in [2.24, 2.45) is 0 Å². The maximum Gasteiger partial charge on any atom is 0.271 e. The molecule has 3 aromatic rings. The van der Waals surface area contributed by atoms with Crippen molar-refractivity contribution in [1.82, 2.24) is 15.3 Å². The van der Waals surface area contributed by atoms with Gasteiger partial charge in [-0.2, -0.15) is 0 Å². The summed E-state index contributed by atoms with van der Waals surface area (Å²) in [5.74, 6) is 1.09. The Labute approximate surface area is 152 Å². The molecule has 1 amide bonds. The molecular formula is C20H20N4O2. The van der Waals surface area contributed by atoms with Crippen LogP contribution in [0.2, 0.25) is 0 Å². The van der Waals surface area contributed by atoms with Gasteiger partial charge in [-0.15, -0.1) is 0 Å². The molecule has 0 aliphatic carbocycles. The fraction of sp³-hybridized carbons (Fsp3) is 0.150. The van der Waals surface area contributed by atoms with Crippen LogP contribution in [0.3, 0.4) is 0 Å². The van der Waals surface area contributed by atoms with Crippen LogP contribution in [0, 0.1) is 6.92 Å². The molecule has 0 atom stereocenters. The summed E-state index contributed by atoms with van der Waals surface area (Å²) in [5.41, 5.74) is 3.34. The molecule has 132 valence electrons. The Morgan fingerprint density at radius 1 is 1.08 bits per heavy atom. The van der Waals surface area contributed by atoms with E-state index in [2.05, 4.69) is 20.6 Å². The van der Waals surface area contributed by atoms with Gasteiger partial charge in [0.25, 0.3) is 5.91 Å². The van der Waals surface area contributed by atoms with E-state index in [1.54, 1.807) is 7.11 Å². The topological polar surface area (TPSA) is 76.1 Å². The Balaban J connectivity index is 1.58. The van der Waals surface area contributed by atoms with Crippen LogP contribution in [0.1, 0.15) is 21.6 Å². The highest BCUT2D eigenvalue weighted by atomic mass is 16.5. The van der Waals surface area contributed by atoms with E-state index < -0.39 is 0 Å². The van der Waals surface area contributed by atoms with Crippen molar-refractivity contribution in [2.45, 2.75) is 13.5 Å². The molecule has 6 nitrogen and oxygen atoms in total. The lowest BCUT2D eigenvalue weighted by atomic mass is 10.1. The standard InChI is InChI=1S/C20H20N4O2/c1-14-4-3-5-15(10-14)11-23-20(25)18-12-22-19(13-21-18)24-16-6-8-17(26-2)9-7-16/h3-10,12-13H,11H2,1-2H3,(H,22,24)(H,23,25). The first-order valence-corrected chi connectivity index (χ1v) is 8.21. The highest BCUT2D eigenvalue weighted by Gasteiger charge is 2.08. The Morgan fingerprint density at radius 2 is 1.88 bits per heavy atom. The van der Waals surface area contributed by atoms with Crippen molar-refractivity contribution in [3.05, 3.63) is 77.7 Å². The molecule has 0 radical (unpaired) electrons. The largest absolute Gasteiger partial charge is 0.497 e. The van der Waals surface area contributed by atoms with Gasteiger partial charge in [0, 0.05) is 12.2 Å². The maximum atomic E-state index is 12.2. The zero-order valence-corrected chi connectivity index (χ0v) is 14.7. The van der Waals surface area contributed by atoms with Gasteiger partial charge in [0.1, 0.15) is 17.3 Å². The molecule has 3 rings (SSSR count). The first-order valence-electron chi connectivity index (χ1n) is 8.21. The van der Waals surface area contributed by atoms with Gasteiger partial charge in [0.2, 0.25) is 0 Å². The van der Waals surface area contributed by atoms with Gasteiger partial charge in [0.15, 0.2) is 0 Å². The molecule has 2 aromatic carbocycles. The van der Waals surface area contributed by atoms with E-state index in [9.17, 15) is 4.79 Å². The van der Waals surface area contributed by atoms with Crippen molar-refractivity contribution >= 4 is 17.4 Å². The SMILES string of the molecule is COc1ccc(Nc2cnc(C(=O)NCc3cccc(C)c3)cn2)cc1. The minimum atomic E-state index is -0.255. The van der Waals surface area contributed by atoms with Gasteiger partial charge >= 0.3 is 0 Å². The van der Waals surface area contributed by atoms with E-state index in [4.69, 9.17) is 4.74 Å². The number of methoxy groups -OCH3 is 1. The summed E-state index contributed by atoms with van der Waals surface area (Å²) in [6, 6.07) is 15.5. The fourth-order valence-electron chi connectivity index (χ4n) is 2.43. The molecule has 6 heteroatoms. The number of hydrogen-bond acceptors (Lipinski definition) is 5. The molecule has 0 fully saturated rings. The molecule has 2 N–H and O–H groups in total. The Kier molecular flexibility index (Phi) is 5.43. The molecule has 0 saturated carbocycles. The number of anilines is 2. The molecule has 0 spiro atoms. The lowest BCUT2D eigenvalue weighted by Gasteiger charge is -2.08. The number of rotatable bonds is 6. The van der Waals surface area contributed by atoms with Crippen LogP contribution in [-0.2, 0) is 6.54 Å². The summed E-state index contributed by atoms with van der Waals surface area (Å²) >= 11 is 0. The highest BCUT2D eigenvalue weighted by Crippen LogP contribution is 2.18. The van der Waals surface area contributed by atoms with E-state index in [1.807, 2.05) is 55.5 Å². The third-order valence-corrected chi connectivity index (χ3v) is 3.78. The summed E-state index contributed by atoms with van der Waals surface area (Å²) < 4.78 is 5.12. The smallest absolute Gasteiger partial charge is 0.271 e. The average Bonchev–Trinajstić information content (AvgIpc) is 2.67. The minimum absolute atomic E-state index is 0.255. The number of carbonyl (C=O) groups excluding carboxylic acids is 1. The predicted octanol–water partition coefficient (Wildman–Crippen LogP) is 3.47. The average molecular weight is 348 g/mol. The molecule has 0 aliphatic rings. The summed E-state index contributed by atoms with van der Waals surface area (Å²) in [4.78, 5) is 20.6. The van der Waals surface area contributed by atoms with E-state index in [0.29, 0.717) is 12.4 Å². The number of benzene rings is 2. The first kappa shape index (κ1) is 17.4. The molecule has 0 aliphatic heterocycles.